The number of halogens is 3. The Labute approximate surface area is 102 Å². The van der Waals surface area contributed by atoms with Gasteiger partial charge in [0.15, 0.2) is 0 Å². The van der Waals surface area contributed by atoms with E-state index >= 15 is 0 Å². The molecule has 3 nitrogen and oxygen atoms in total. The Kier molecular flexibility index (Phi) is 4.36. The molecule has 0 radical (unpaired) electrons. The fourth-order valence-corrected chi connectivity index (χ4v) is 1.27. The van der Waals surface area contributed by atoms with E-state index in [1.807, 2.05) is 0 Å². The third-order valence-corrected chi connectivity index (χ3v) is 2.17. The zero-order valence-electron chi connectivity index (χ0n) is 9.53. The molecular weight excluding hydrogens is 249 g/mol. The van der Waals surface area contributed by atoms with E-state index < -0.39 is 24.0 Å². The van der Waals surface area contributed by atoms with E-state index in [1.54, 1.807) is 0 Å². The molecule has 0 saturated carbocycles. The third kappa shape index (κ3) is 3.51. The van der Waals surface area contributed by atoms with Gasteiger partial charge in [0.2, 0.25) is 0 Å². The first kappa shape index (κ1) is 14.1. The Morgan fingerprint density at radius 2 is 1.89 bits per heavy atom. The van der Waals surface area contributed by atoms with Gasteiger partial charge in [0.1, 0.15) is 6.10 Å². The smallest absolute Gasteiger partial charge is 0.438 e. The average Bonchev–Trinajstić information content (AvgIpc) is 2.34. The molecule has 0 aliphatic heterocycles. The van der Waals surface area contributed by atoms with E-state index in [2.05, 4.69) is 11.3 Å². The Morgan fingerprint density at radius 3 is 2.28 bits per heavy atom. The van der Waals surface area contributed by atoms with Gasteiger partial charge in [-0.1, -0.05) is 18.7 Å². The molecule has 0 heterocycles. The summed E-state index contributed by atoms with van der Waals surface area (Å²) < 4.78 is 46.1. The SMILES string of the molecule is C=CC(OC(=O)OC)c1ccc(C(F)(F)F)cc1. The second kappa shape index (κ2) is 5.57. The lowest BCUT2D eigenvalue weighted by molar-refractivity contribution is -0.137. The molecule has 0 spiro atoms. The third-order valence-electron chi connectivity index (χ3n) is 2.17. The number of ether oxygens (including phenoxy) is 2. The lowest BCUT2D eigenvalue weighted by atomic mass is 10.1. The summed E-state index contributed by atoms with van der Waals surface area (Å²) in [5.41, 5.74) is -0.393. The van der Waals surface area contributed by atoms with Crippen molar-refractivity contribution in [3.05, 3.63) is 48.0 Å². The topological polar surface area (TPSA) is 35.5 Å². The normalized spacial score (nSPS) is 12.7. The van der Waals surface area contributed by atoms with Gasteiger partial charge in [0.05, 0.1) is 12.7 Å². The summed E-state index contributed by atoms with van der Waals surface area (Å²) in [5, 5.41) is 0. The highest BCUT2D eigenvalue weighted by Gasteiger charge is 2.30. The van der Waals surface area contributed by atoms with Crippen LogP contribution in [0.2, 0.25) is 0 Å². The second-order valence-electron chi connectivity index (χ2n) is 3.35. The molecule has 1 aromatic carbocycles. The van der Waals surface area contributed by atoms with Crippen molar-refractivity contribution in [1.82, 2.24) is 0 Å². The number of hydrogen-bond acceptors (Lipinski definition) is 3. The van der Waals surface area contributed by atoms with E-state index in [0.717, 1.165) is 19.2 Å². The van der Waals surface area contributed by atoms with Crippen LogP contribution in [0.3, 0.4) is 0 Å². The van der Waals surface area contributed by atoms with Crippen LogP contribution in [0.25, 0.3) is 0 Å². The number of carbonyl (C=O) groups excluding carboxylic acids is 1. The number of alkyl halides is 3. The van der Waals surface area contributed by atoms with Gasteiger partial charge >= 0.3 is 12.3 Å². The Hall–Kier alpha value is -1.98. The lowest BCUT2D eigenvalue weighted by Crippen LogP contribution is -2.10. The van der Waals surface area contributed by atoms with Crippen molar-refractivity contribution in [2.24, 2.45) is 0 Å². The minimum atomic E-state index is -4.40. The molecule has 0 aliphatic rings. The van der Waals surface area contributed by atoms with E-state index in [9.17, 15) is 18.0 Å². The summed E-state index contributed by atoms with van der Waals surface area (Å²) in [7, 11) is 1.13. The molecule has 98 valence electrons. The highest BCUT2D eigenvalue weighted by atomic mass is 19.4. The molecule has 0 N–H and O–H groups in total. The molecule has 1 rings (SSSR count). The van der Waals surface area contributed by atoms with Crippen molar-refractivity contribution in [1.29, 1.82) is 0 Å². The van der Waals surface area contributed by atoms with E-state index in [4.69, 9.17) is 4.74 Å². The Morgan fingerprint density at radius 1 is 1.33 bits per heavy atom. The van der Waals surface area contributed by atoms with Crippen molar-refractivity contribution >= 4 is 6.16 Å². The first-order valence-corrected chi connectivity index (χ1v) is 4.92. The highest BCUT2D eigenvalue weighted by Crippen LogP contribution is 2.30. The predicted molar refractivity (Wildman–Crippen MR) is 57.9 cm³/mol. The van der Waals surface area contributed by atoms with Crippen molar-refractivity contribution in [2.75, 3.05) is 7.11 Å². The quantitative estimate of drug-likeness (QED) is 0.613. The van der Waals surface area contributed by atoms with Crippen molar-refractivity contribution < 1.29 is 27.4 Å². The molecule has 0 bridgehead atoms. The van der Waals surface area contributed by atoms with E-state index in [1.165, 1.54) is 18.2 Å². The van der Waals surface area contributed by atoms with Crippen molar-refractivity contribution in [2.45, 2.75) is 12.3 Å². The largest absolute Gasteiger partial charge is 0.508 e. The predicted octanol–water partition coefficient (Wildman–Crippen LogP) is 3.72. The summed E-state index contributed by atoms with van der Waals surface area (Å²) >= 11 is 0. The summed E-state index contributed by atoms with van der Waals surface area (Å²) in [4.78, 5) is 10.9. The number of hydrogen-bond donors (Lipinski definition) is 0. The van der Waals surface area contributed by atoms with Gasteiger partial charge in [-0.3, -0.25) is 0 Å². The van der Waals surface area contributed by atoms with E-state index in [-0.39, 0.29) is 0 Å². The van der Waals surface area contributed by atoms with Gasteiger partial charge in [-0.25, -0.2) is 4.79 Å². The molecule has 6 heteroatoms. The van der Waals surface area contributed by atoms with Gasteiger partial charge in [-0.05, 0) is 23.8 Å². The summed E-state index contributed by atoms with van der Waals surface area (Å²) in [6, 6.07) is 4.26. The van der Waals surface area contributed by atoms with Crippen LogP contribution in [0, 0.1) is 0 Å². The molecule has 18 heavy (non-hydrogen) atoms. The van der Waals surface area contributed by atoms with Crippen molar-refractivity contribution in [3.8, 4) is 0 Å². The van der Waals surface area contributed by atoms with Crippen LogP contribution in [0.15, 0.2) is 36.9 Å². The lowest BCUT2D eigenvalue weighted by Gasteiger charge is -2.14. The molecule has 0 amide bonds. The van der Waals surface area contributed by atoms with Crippen LogP contribution < -0.4 is 0 Å². The molecule has 1 atom stereocenters. The highest BCUT2D eigenvalue weighted by molar-refractivity contribution is 5.60. The summed E-state index contributed by atoms with van der Waals surface area (Å²) in [6.07, 6.45) is -4.88. The molecule has 0 aliphatic carbocycles. The van der Waals surface area contributed by atoms with Gasteiger partial charge in [0, 0.05) is 0 Å². The van der Waals surface area contributed by atoms with Gasteiger partial charge < -0.3 is 9.47 Å². The zero-order valence-corrected chi connectivity index (χ0v) is 9.53. The number of rotatable bonds is 3. The maximum atomic E-state index is 12.3. The monoisotopic (exact) mass is 260 g/mol. The molecule has 0 saturated heterocycles. The standard InChI is InChI=1S/C12H11F3O3/c1-3-10(18-11(16)17-2)8-4-6-9(7-5-8)12(13,14)15/h3-7,10H,1H2,2H3. The summed E-state index contributed by atoms with van der Waals surface area (Å²) in [6.45, 7) is 3.44. The van der Waals surface area contributed by atoms with Crippen molar-refractivity contribution in [3.63, 3.8) is 0 Å². The van der Waals surface area contributed by atoms with Gasteiger partial charge in [0.25, 0.3) is 0 Å². The average molecular weight is 260 g/mol. The maximum absolute atomic E-state index is 12.3. The number of benzene rings is 1. The molecular formula is C12H11F3O3. The molecule has 1 unspecified atom stereocenters. The fraction of sp³-hybridized carbons (Fsp3) is 0.250. The Bertz CT molecular complexity index is 423. The first-order valence-electron chi connectivity index (χ1n) is 4.92. The maximum Gasteiger partial charge on any atom is 0.508 e. The number of methoxy groups -OCH3 is 1. The van der Waals surface area contributed by atoms with E-state index in [0.29, 0.717) is 5.56 Å². The molecule has 1 aromatic rings. The van der Waals surface area contributed by atoms with Crippen LogP contribution in [-0.2, 0) is 15.7 Å². The zero-order chi connectivity index (χ0) is 13.8. The Balaban J connectivity index is 2.89. The van der Waals surface area contributed by atoms with Crippen LogP contribution in [0.1, 0.15) is 17.2 Å². The first-order chi connectivity index (χ1) is 8.38. The minimum absolute atomic E-state index is 0.378. The fourth-order valence-electron chi connectivity index (χ4n) is 1.27. The van der Waals surface area contributed by atoms with Gasteiger partial charge in [-0.15, -0.1) is 0 Å². The number of carbonyl (C=O) groups is 1. The molecule has 0 aromatic heterocycles. The summed E-state index contributed by atoms with van der Waals surface area (Å²) in [5.74, 6) is 0. The van der Waals surface area contributed by atoms with Crippen LogP contribution in [-0.4, -0.2) is 13.3 Å². The second-order valence-corrected chi connectivity index (χ2v) is 3.35. The van der Waals surface area contributed by atoms with Crippen LogP contribution in [0.5, 0.6) is 0 Å². The van der Waals surface area contributed by atoms with Crippen LogP contribution >= 0.6 is 0 Å². The van der Waals surface area contributed by atoms with Gasteiger partial charge in [-0.2, -0.15) is 13.2 Å². The van der Waals surface area contributed by atoms with Crippen LogP contribution in [0.4, 0.5) is 18.0 Å². The minimum Gasteiger partial charge on any atom is -0.438 e. The molecule has 0 fully saturated rings.